The Labute approximate surface area is 128 Å². The van der Waals surface area contributed by atoms with Crippen LogP contribution in [-0.2, 0) is 6.54 Å². The van der Waals surface area contributed by atoms with Crippen LogP contribution in [0.25, 0.3) is 0 Å². The van der Waals surface area contributed by atoms with Gasteiger partial charge in [0, 0.05) is 22.8 Å². The van der Waals surface area contributed by atoms with Crippen molar-refractivity contribution in [3.63, 3.8) is 0 Å². The van der Waals surface area contributed by atoms with Gasteiger partial charge in [-0.05, 0) is 28.1 Å². The molecule has 2 aromatic rings. The van der Waals surface area contributed by atoms with E-state index in [1.165, 1.54) is 6.07 Å². The highest BCUT2D eigenvalue weighted by Crippen LogP contribution is 2.26. The lowest BCUT2D eigenvalue weighted by atomic mass is 10.2. The predicted octanol–water partition coefficient (Wildman–Crippen LogP) is 4.71. The summed E-state index contributed by atoms with van der Waals surface area (Å²) >= 11 is 9.23. The normalized spacial score (nSPS) is 10.7. The van der Waals surface area contributed by atoms with E-state index in [0.717, 1.165) is 4.47 Å². The molecule has 0 aliphatic carbocycles. The first-order valence-electron chi connectivity index (χ1n) is 5.64. The summed E-state index contributed by atoms with van der Waals surface area (Å²) in [4.78, 5) is 3.97. The van der Waals surface area contributed by atoms with E-state index >= 15 is 0 Å². The molecule has 0 aliphatic rings. The third-order valence-electron chi connectivity index (χ3n) is 2.46. The maximum Gasteiger partial charge on any atom is 0.387 e. The number of benzene rings is 1. The molecule has 2 rings (SSSR count). The Hall–Kier alpha value is -1.40. The van der Waals surface area contributed by atoms with Crippen molar-refractivity contribution in [2.45, 2.75) is 13.2 Å². The van der Waals surface area contributed by atoms with Crippen LogP contribution in [0.4, 0.5) is 14.5 Å². The Morgan fingerprint density at radius 2 is 2.10 bits per heavy atom. The molecule has 3 nitrogen and oxygen atoms in total. The fourth-order valence-electron chi connectivity index (χ4n) is 1.60. The fourth-order valence-corrected chi connectivity index (χ4v) is 2.10. The number of hydrogen-bond donors (Lipinski definition) is 1. The molecule has 1 heterocycles. The number of rotatable bonds is 5. The Balaban J connectivity index is 2.12. The van der Waals surface area contributed by atoms with Crippen molar-refractivity contribution in [2.75, 3.05) is 5.32 Å². The van der Waals surface area contributed by atoms with E-state index in [1.807, 2.05) is 0 Å². The van der Waals surface area contributed by atoms with Crippen LogP contribution in [0.15, 0.2) is 41.0 Å². The lowest BCUT2D eigenvalue weighted by Crippen LogP contribution is -2.07. The minimum atomic E-state index is -2.85. The molecular formula is C13H10BrClF2N2O. The average Bonchev–Trinajstić information content (AvgIpc) is 2.41. The summed E-state index contributed by atoms with van der Waals surface area (Å²) in [5.74, 6) is 0.133. The summed E-state index contributed by atoms with van der Waals surface area (Å²) in [5.41, 5.74) is 1.21. The quantitative estimate of drug-likeness (QED) is 0.781. The molecule has 0 unspecified atom stereocenters. The highest BCUT2D eigenvalue weighted by molar-refractivity contribution is 9.10. The zero-order valence-electron chi connectivity index (χ0n) is 10.1. The van der Waals surface area contributed by atoms with E-state index < -0.39 is 6.61 Å². The van der Waals surface area contributed by atoms with Gasteiger partial charge >= 0.3 is 6.61 Å². The first-order valence-corrected chi connectivity index (χ1v) is 6.81. The standard InChI is InChI=1S/C13H10BrClF2N2O/c14-9-5-10(12(15)19-7-9)18-6-8-3-1-2-4-11(8)20-13(16)17/h1-5,7,13,18H,6H2. The molecule has 1 aromatic carbocycles. The second-order valence-corrected chi connectivity index (χ2v) is 5.11. The van der Waals surface area contributed by atoms with E-state index in [-0.39, 0.29) is 5.75 Å². The molecule has 0 atom stereocenters. The number of pyridine rings is 1. The Bertz CT molecular complexity index is 598. The molecule has 1 N–H and O–H groups in total. The number of para-hydroxylation sites is 1. The van der Waals surface area contributed by atoms with Gasteiger partial charge in [0.15, 0.2) is 5.15 Å². The van der Waals surface area contributed by atoms with Gasteiger partial charge in [0.05, 0.1) is 5.69 Å². The Morgan fingerprint density at radius 1 is 1.35 bits per heavy atom. The number of anilines is 1. The van der Waals surface area contributed by atoms with Gasteiger partial charge in [0.1, 0.15) is 5.75 Å². The summed E-state index contributed by atoms with van der Waals surface area (Å²) in [5, 5.41) is 3.34. The molecule has 0 amide bonds. The molecule has 20 heavy (non-hydrogen) atoms. The van der Waals surface area contributed by atoms with Gasteiger partial charge in [0.25, 0.3) is 0 Å². The number of nitrogens with one attached hydrogen (secondary N) is 1. The van der Waals surface area contributed by atoms with Crippen molar-refractivity contribution in [3.05, 3.63) is 51.7 Å². The third-order valence-corrected chi connectivity index (χ3v) is 3.20. The lowest BCUT2D eigenvalue weighted by molar-refractivity contribution is -0.0504. The first kappa shape index (κ1) is 15.0. The van der Waals surface area contributed by atoms with Crippen molar-refractivity contribution in [1.29, 1.82) is 0 Å². The number of hydrogen-bond acceptors (Lipinski definition) is 3. The van der Waals surface area contributed by atoms with E-state index in [2.05, 4.69) is 31.0 Å². The van der Waals surface area contributed by atoms with Crippen LogP contribution < -0.4 is 10.1 Å². The summed E-state index contributed by atoms with van der Waals surface area (Å²) in [6.45, 7) is -2.56. The van der Waals surface area contributed by atoms with Crippen LogP contribution in [0.5, 0.6) is 5.75 Å². The molecule has 0 spiro atoms. The number of ether oxygens (including phenoxy) is 1. The lowest BCUT2D eigenvalue weighted by Gasteiger charge is -2.12. The molecule has 1 aromatic heterocycles. The Morgan fingerprint density at radius 3 is 2.85 bits per heavy atom. The second-order valence-electron chi connectivity index (χ2n) is 3.83. The van der Waals surface area contributed by atoms with Gasteiger partial charge in [-0.2, -0.15) is 8.78 Å². The topological polar surface area (TPSA) is 34.1 Å². The largest absolute Gasteiger partial charge is 0.434 e. The molecule has 0 bridgehead atoms. The number of alkyl halides is 2. The first-order chi connectivity index (χ1) is 9.56. The molecule has 0 radical (unpaired) electrons. The molecule has 7 heteroatoms. The second kappa shape index (κ2) is 6.85. The number of halogens is 4. The van der Waals surface area contributed by atoms with Crippen LogP contribution in [0.3, 0.4) is 0 Å². The maximum atomic E-state index is 12.3. The summed E-state index contributed by atoms with van der Waals surface area (Å²) < 4.78 is 29.8. The fraction of sp³-hybridized carbons (Fsp3) is 0.154. The SMILES string of the molecule is FC(F)Oc1ccccc1CNc1cc(Br)cnc1Cl. The highest BCUT2D eigenvalue weighted by atomic mass is 79.9. The van der Waals surface area contributed by atoms with E-state index in [1.54, 1.807) is 30.5 Å². The molecule has 106 valence electrons. The number of nitrogens with zero attached hydrogens (tertiary/aromatic N) is 1. The minimum Gasteiger partial charge on any atom is -0.434 e. The van der Waals surface area contributed by atoms with Gasteiger partial charge in [-0.1, -0.05) is 29.8 Å². The van der Waals surface area contributed by atoms with Crippen LogP contribution in [0.1, 0.15) is 5.56 Å². The van der Waals surface area contributed by atoms with Crippen LogP contribution in [-0.4, -0.2) is 11.6 Å². The highest BCUT2D eigenvalue weighted by Gasteiger charge is 2.09. The molecule has 0 aliphatic heterocycles. The van der Waals surface area contributed by atoms with Crippen molar-refractivity contribution < 1.29 is 13.5 Å². The molecule has 0 saturated carbocycles. The van der Waals surface area contributed by atoms with E-state index in [0.29, 0.717) is 22.9 Å². The Kier molecular flexibility index (Phi) is 5.14. The summed E-state index contributed by atoms with van der Waals surface area (Å²) in [6.07, 6.45) is 1.57. The zero-order chi connectivity index (χ0) is 14.5. The maximum absolute atomic E-state index is 12.3. The van der Waals surface area contributed by atoms with Crippen molar-refractivity contribution in [1.82, 2.24) is 4.98 Å². The minimum absolute atomic E-state index is 0.133. The number of aromatic nitrogens is 1. The zero-order valence-corrected chi connectivity index (χ0v) is 12.5. The molecular weight excluding hydrogens is 354 g/mol. The van der Waals surface area contributed by atoms with Gasteiger partial charge in [0.2, 0.25) is 0 Å². The third kappa shape index (κ3) is 4.05. The van der Waals surface area contributed by atoms with Gasteiger partial charge in [-0.15, -0.1) is 0 Å². The van der Waals surface area contributed by atoms with Crippen LogP contribution in [0, 0.1) is 0 Å². The summed E-state index contributed by atoms with van der Waals surface area (Å²) in [6, 6.07) is 8.32. The molecule has 0 fully saturated rings. The van der Waals surface area contributed by atoms with Crippen LogP contribution in [0.2, 0.25) is 5.15 Å². The van der Waals surface area contributed by atoms with E-state index in [4.69, 9.17) is 11.6 Å². The van der Waals surface area contributed by atoms with Gasteiger partial charge < -0.3 is 10.1 Å². The van der Waals surface area contributed by atoms with E-state index in [9.17, 15) is 8.78 Å². The monoisotopic (exact) mass is 362 g/mol. The van der Waals surface area contributed by atoms with Crippen molar-refractivity contribution in [2.24, 2.45) is 0 Å². The van der Waals surface area contributed by atoms with Crippen LogP contribution >= 0.6 is 27.5 Å². The van der Waals surface area contributed by atoms with Gasteiger partial charge in [-0.25, -0.2) is 4.98 Å². The summed E-state index contributed by atoms with van der Waals surface area (Å²) in [7, 11) is 0. The predicted molar refractivity (Wildman–Crippen MR) is 77.3 cm³/mol. The smallest absolute Gasteiger partial charge is 0.387 e. The van der Waals surface area contributed by atoms with Crippen molar-refractivity contribution >= 4 is 33.2 Å². The van der Waals surface area contributed by atoms with Crippen molar-refractivity contribution in [3.8, 4) is 5.75 Å². The van der Waals surface area contributed by atoms with Gasteiger partial charge in [-0.3, -0.25) is 0 Å². The molecule has 0 saturated heterocycles. The average molecular weight is 364 g/mol.